The van der Waals surface area contributed by atoms with Crippen LogP contribution < -0.4 is 0 Å². The van der Waals surface area contributed by atoms with Crippen molar-refractivity contribution in [1.29, 1.82) is 0 Å². The Kier molecular flexibility index (Phi) is 9.83. The van der Waals surface area contributed by atoms with Crippen LogP contribution in [0.5, 0.6) is 0 Å². The molecule has 9 nitrogen and oxygen atoms in total. The molecule has 218 valence electrons. The quantitative estimate of drug-likeness (QED) is 0.179. The van der Waals surface area contributed by atoms with Gasteiger partial charge in [0.1, 0.15) is 11.5 Å². The Hall–Kier alpha value is -2.49. The number of esters is 3. The standard InChI is InChI=1S/C30H44O9/c1-8-11-23(33)37-27-21-15-20(32)16-22-29(7,14-13-17(4)10-3)18(5)25(35)26(36-19(6)31)30(21,22)28(39-27)38-24(34)12-9-2/h10,13,15,18,20,22,25-28,32,35H,3,8-9,11-12,14,16H2,1-2,4-7H3/b17-13-/t18-,20+,22+,25-,26+,27+,28+,29-,30-/m1/s1. The Balaban J connectivity index is 2.28. The van der Waals surface area contributed by atoms with Crippen LogP contribution in [-0.2, 0) is 33.3 Å². The molecule has 2 fully saturated rings. The van der Waals surface area contributed by atoms with Crippen LogP contribution in [0.2, 0.25) is 0 Å². The molecule has 1 spiro atoms. The van der Waals surface area contributed by atoms with Gasteiger partial charge in [-0.25, -0.2) is 0 Å². The first-order valence-corrected chi connectivity index (χ1v) is 14.0. The fraction of sp³-hybridized carbons (Fsp3) is 0.700. The predicted octanol–water partition coefficient (Wildman–Crippen LogP) is 4.12. The fourth-order valence-corrected chi connectivity index (χ4v) is 6.62. The molecule has 0 unspecified atom stereocenters. The highest BCUT2D eigenvalue weighted by Crippen LogP contribution is 2.67. The second kappa shape index (κ2) is 12.4. The van der Waals surface area contributed by atoms with E-state index >= 15 is 0 Å². The Bertz CT molecular complexity index is 1020. The number of hydrogen-bond acceptors (Lipinski definition) is 9. The lowest BCUT2D eigenvalue weighted by Gasteiger charge is -2.62. The third kappa shape index (κ3) is 5.72. The largest absolute Gasteiger partial charge is 0.459 e. The van der Waals surface area contributed by atoms with E-state index in [4.69, 9.17) is 18.9 Å². The summed E-state index contributed by atoms with van der Waals surface area (Å²) in [4.78, 5) is 37.9. The summed E-state index contributed by atoms with van der Waals surface area (Å²) in [5.74, 6) is -2.56. The van der Waals surface area contributed by atoms with Crippen LogP contribution in [0.4, 0.5) is 0 Å². The first-order valence-electron chi connectivity index (χ1n) is 14.0. The van der Waals surface area contributed by atoms with Crippen molar-refractivity contribution < 1.29 is 43.5 Å². The van der Waals surface area contributed by atoms with Crippen molar-refractivity contribution in [1.82, 2.24) is 0 Å². The topological polar surface area (TPSA) is 129 Å². The Morgan fingerprint density at radius 1 is 1.10 bits per heavy atom. The van der Waals surface area contributed by atoms with E-state index in [0.29, 0.717) is 24.8 Å². The molecule has 0 aromatic rings. The summed E-state index contributed by atoms with van der Waals surface area (Å²) in [6.45, 7) is 14.6. The molecule has 0 radical (unpaired) electrons. The van der Waals surface area contributed by atoms with Crippen LogP contribution >= 0.6 is 0 Å². The van der Waals surface area contributed by atoms with Gasteiger partial charge in [-0.2, -0.15) is 0 Å². The molecule has 2 aliphatic carbocycles. The molecule has 0 bridgehead atoms. The van der Waals surface area contributed by atoms with Crippen LogP contribution in [0.1, 0.15) is 80.1 Å². The molecule has 3 aliphatic rings. The lowest BCUT2D eigenvalue weighted by molar-refractivity contribution is -0.277. The first kappa shape index (κ1) is 31.0. The number of aliphatic hydroxyl groups is 2. The van der Waals surface area contributed by atoms with Crippen molar-refractivity contribution in [3.05, 3.63) is 36.0 Å². The van der Waals surface area contributed by atoms with Crippen LogP contribution in [0.3, 0.4) is 0 Å². The zero-order valence-electron chi connectivity index (χ0n) is 24.0. The zero-order valence-corrected chi connectivity index (χ0v) is 24.0. The number of carbonyl (C=O) groups excluding carboxylic acids is 3. The molecule has 3 rings (SSSR count). The van der Waals surface area contributed by atoms with Gasteiger partial charge in [-0.15, -0.1) is 0 Å². The molecule has 9 heteroatoms. The number of aliphatic hydroxyl groups excluding tert-OH is 2. The summed E-state index contributed by atoms with van der Waals surface area (Å²) in [6, 6.07) is 0. The maximum absolute atomic E-state index is 12.9. The molecule has 2 N–H and O–H groups in total. The molecule has 1 saturated heterocycles. The molecule has 0 amide bonds. The van der Waals surface area contributed by atoms with Gasteiger partial charge in [-0.1, -0.05) is 52.0 Å². The summed E-state index contributed by atoms with van der Waals surface area (Å²) in [5.41, 5.74) is -0.789. The highest BCUT2D eigenvalue weighted by molar-refractivity contribution is 5.71. The lowest BCUT2D eigenvalue weighted by atomic mass is 9.44. The van der Waals surface area contributed by atoms with Gasteiger partial charge >= 0.3 is 17.9 Å². The number of rotatable bonds is 10. The van der Waals surface area contributed by atoms with E-state index in [1.807, 2.05) is 40.7 Å². The molecule has 9 atom stereocenters. The molecular formula is C30H44O9. The van der Waals surface area contributed by atoms with Gasteiger partial charge in [0.05, 0.1) is 12.2 Å². The van der Waals surface area contributed by atoms with E-state index in [9.17, 15) is 24.6 Å². The van der Waals surface area contributed by atoms with Gasteiger partial charge in [0.25, 0.3) is 0 Å². The van der Waals surface area contributed by atoms with E-state index in [0.717, 1.165) is 5.57 Å². The number of hydrogen-bond donors (Lipinski definition) is 2. The summed E-state index contributed by atoms with van der Waals surface area (Å²) >= 11 is 0. The number of ether oxygens (including phenoxy) is 4. The average Bonchev–Trinajstić information content (AvgIpc) is 3.16. The monoisotopic (exact) mass is 548 g/mol. The zero-order chi connectivity index (χ0) is 29.1. The van der Waals surface area contributed by atoms with E-state index in [1.54, 1.807) is 12.2 Å². The SMILES string of the molecule is C=C/C(C)=C\C[C@]1(C)[C@H](C)[C@@H](O)[C@H](OC(C)=O)[C@@]23C(=C[C@H](O)C[C@@H]12)[C@@H](OC(=O)CCC)O[C@@H]3OC(=O)CCC. The summed E-state index contributed by atoms with van der Waals surface area (Å²) in [5, 5.41) is 22.9. The molecular weight excluding hydrogens is 504 g/mol. The van der Waals surface area contributed by atoms with Gasteiger partial charge in [0.2, 0.25) is 12.6 Å². The van der Waals surface area contributed by atoms with E-state index in [-0.39, 0.29) is 19.3 Å². The van der Waals surface area contributed by atoms with Crippen molar-refractivity contribution in [2.75, 3.05) is 0 Å². The Morgan fingerprint density at radius 2 is 1.72 bits per heavy atom. The van der Waals surface area contributed by atoms with Gasteiger partial charge < -0.3 is 24.4 Å². The normalized spacial score (nSPS) is 37.7. The van der Waals surface area contributed by atoms with Crippen molar-refractivity contribution >= 4 is 17.9 Å². The molecule has 1 saturated carbocycles. The molecule has 1 aliphatic heterocycles. The van der Waals surface area contributed by atoms with Gasteiger partial charge in [-0.05, 0) is 55.9 Å². The molecule has 1 heterocycles. The highest BCUT2D eigenvalue weighted by atomic mass is 16.8. The van der Waals surface area contributed by atoms with Gasteiger partial charge in [-0.3, -0.25) is 19.1 Å². The predicted molar refractivity (Wildman–Crippen MR) is 143 cm³/mol. The van der Waals surface area contributed by atoms with E-state index in [2.05, 4.69) is 6.58 Å². The number of carbonyl (C=O) groups is 3. The van der Waals surface area contributed by atoms with Crippen LogP contribution in [0.25, 0.3) is 0 Å². The van der Waals surface area contributed by atoms with Gasteiger partial charge in [0.15, 0.2) is 0 Å². The van der Waals surface area contributed by atoms with Crippen LogP contribution in [-0.4, -0.2) is 59.0 Å². The molecule has 0 aromatic carbocycles. The van der Waals surface area contributed by atoms with Crippen LogP contribution in [0, 0.1) is 22.7 Å². The summed E-state index contributed by atoms with van der Waals surface area (Å²) in [6.07, 6.45) is 1.50. The van der Waals surface area contributed by atoms with Crippen molar-refractivity contribution in [3.63, 3.8) is 0 Å². The molecule has 39 heavy (non-hydrogen) atoms. The van der Waals surface area contributed by atoms with Crippen LogP contribution in [0.15, 0.2) is 36.0 Å². The lowest BCUT2D eigenvalue weighted by Crippen LogP contribution is -2.68. The van der Waals surface area contributed by atoms with E-state index in [1.165, 1.54) is 6.92 Å². The summed E-state index contributed by atoms with van der Waals surface area (Å²) < 4.78 is 23.6. The minimum absolute atomic E-state index is 0.123. The van der Waals surface area contributed by atoms with Gasteiger partial charge in [0, 0.05) is 25.3 Å². The third-order valence-corrected chi connectivity index (χ3v) is 8.81. The smallest absolute Gasteiger partial charge is 0.308 e. The second-order valence-corrected chi connectivity index (χ2v) is 11.4. The average molecular weight is 549 g/mol. The number of allylic oxidation sites excluding steroid dienone is 3. The maximum atomic E-state index is 12.9. The third-order valence-electron chi connectivity index (χ3n) is 8.81. The van der Waals surface area contributed by atoms with Crippen molar-refractivity contribution in [3.8, 4) is 0 Å². The highest BCUT2D eigenvalue weighted by Gasteiger charge is 2.74. The maximum Gasteiger partial charge on any atom is 0.308 e. The molecule has 0 aromatic heterocycles. The summed E-state index contributed by atoms with van der Waals surface area (Å²) in [7, 11) is 0. The Labute approximate surface area is 231 Å². The fourth-order valence-electron chi connectivity index (χ4n) is 6.62. The minimum atomic E-state index is -1.40. The van der Waals surface area contributed by atoms with E-state index < -0.39 is 71.5 Å². The Morgan fingerprint density at radius 3 is 2.28 bits per heavy atom. The van der Waals surface area contributed by atoms with Crippen molar-refractivity contribution in [2.24, 2.45) is 22.7 Å². The van der Waals surface area contributed by atoms with Crippen molar-refractivity contribution in [2.45, 2.75) is 111 Å². The second-order valence-electron chi connectivity index (χ2n) is 11.4. The first-order chi connectivity index (χ1) is 18.4. The minimum Gasteiger partial charge on any atom is -0.459 e.